The van der Waals surface area contributed by atoms with Crippen LogP contribution in [0.2, 0.25) is 0 Å². The standard InChI is InChI=1S/C13H11N5O2/c19-10(6-20-9-4-2-1-3-5-9)18-13-11-12(15-7-14-11)16-8-17-13/h1-5,7-8,14H,6H2,(H,16,17,18,19)/q+1. The smallest absolute Gasteiger partial charge is 0.341 e. The van der Waals surface area contributed by atoms with Crippen LogP contribution in [0.15, 0.2) is 36.7 Å². The summed E-state index contributed by atoms with van der Waals surface area (Å²) in [5.74, 6) is 1.22. The second kappa shape index (κ2) is 5.35. The average Bonchev–Trinajstić information content (AvgIpc) is 2.96. The van der Waals surface area contributed by atoms with Crippen LogP contribution in [0.5, 0.6) is 5.75 Å². The van der Waals surface area contributed by atoms with Crippen LogP contribution in [0.1, 0.15) is 0 Å². The van der Waals surface area contributed by atoms with E-state index >= 15 is 0 Å². The van der Waals surface area contributed by atoms with E-state index in [1.807, 2.05) is 18.2 Å². The van der Waals surface area contributed by atoms with E-state index in [1.54, 1.807) is 12.1 Å². The number of nitrogens with zero attached hydrogens (tertiary/aromatic N) is 3. The molecule has 1 radical (unpaired) electrons. The second-order valence-electron chi connectivity index (χ2n) is 3.97. The summed E-state index contributed by atoms with van der Waals surface area (Å²) in [6.45, 7) is -0.0936. The van der Waals surface area contributed by atoms with Crippen LogP contribution in [0.3, 0.4) is 0 Å². The summed E-state index contributed by atoms with van der Waals surface area (Å²) in [5, 5.41) is 5.53. The van der Waals surface area contributed by atoms with Crippen molar-refractivity contribution in [3.8, 4) is 5.75 Å². The first-order valence-corrected chi connectivity index (χ1v) is 5.95. The Hall–Kier alpha value is -2.96. The first-order chi connectivity index (χ1) is 9.83. The molecule has 0 saturated carbocycles. The number of fused-ring (bicyclic) bond motifs is 1. The Bertz CT molecular complexity index is 657. The number of rotatable bonds is 4. The van der Waals surface area contributed by atoms with Crippen molar-refractivity contribution >= 4 is 29.6 Å². The number of amides is 1. The van der Waals surface area contributed by atoms with Crippen LogP contribution >= 0.6 is 0 Å². The molecule has 1 aromatic carbocycles. The van der Waals surface area contributed by atoms with Crippen molar-refractivity contribution in [1.29, 1.82) is 0 Å². The van der Waals surface area contributed by atoms with Gasteiger partial charge in [-0.3, -0.25) is 10.1 Å². The van der Waals surface area contributed by atoms with Gasteiger partial charge in [-0.25, -0.2) is 0 Å². The maximum Gasteiger partial charge on any atom is 0.341 e. The van der Waals surface area contributed by atoms with E-state index in [0.29, 0.717) is 23.1 Å². The van der Waals surface area contributed by atoms with Gasteiger partial charge in [-0.05, 0) is 12.1 Å². The summed E-state index contributed by atoms with van der Waals surface area (Å²) in [6, 6.07) is 9.12. The van der Waals surface area contributed by atoms with Gasteiger partial charge in [-0.1, -0.05) is 28.2 Å². The Morgan fingerprint density at radius 2 is 2.15 bits per heavy atom. The predicted molar refractivity (Wildman–Crippen MR) is 74.1 cm³/mol. The Morgan fingerprint density at radius 1 is 1.30 bits per heavy atom. The molecule has 7 nitrogen and oxygen atoms in total. The van der Waals surface area contributed by atoms with Gasteiger partial charge in [0.15, 0.2) is 18.8 Å². The fourth-order valence-electron chi connectivity index (χ4n) is 1.69. The molecule has 0 aliphatic carbocycles. The fraction of sp³-hybridized carbons (Fsp3) is 0.0769. The number of anilines is 2. The van der Waals surface area contributed by atoms with Gasteiger partial charge in [0.25, 0.3) is 5.91 Å². The number of aromatic nitrogens is 2. The van der Waals surface area contributed by atoms with Crippen molar-refractivity contribution in [3.05, 3.63) is 36.7 Å². The number of benzene rings is 1. The predicted octanol–water partition coefficient (Wildman–Crippen LogP) is 0.915. The Kier molecular flexibility index (Phi) is 3.24. The molecule has 1 amide bonds. The van der Waals surface area contributed by atoms with Gasteiger partial charge < -0.3 is 10.1 Å². The summed E-state index contributed by atoms with van der Waals surface area (Å²) in [5.41, 5.74) is 0.584. The van der Waals surface area contributed by atoms with E-state index in [2.05, 4.69) is 25.6 Å². The lowest BCUT2D eigenvalue weighted by Crippen LogP contribution is -2.21. The number of nitrogens with one attached hydrogen (secondary N) is 2. The maximum atomic E-state index is 11.8. The summed E-state index contributed by atoms with van der Waals surface area (Å²) >= 11 is 0. The molecule has 0 unspecified atom stereocenters. The van der Waals surface area contributed by atoms with E-state index < -0.39 is 0 Å². The molecule has 2 aromatic rings. The Labute approximate surface area is 114 Å². The van der Waals surface area contributed by atoms with E-state index in [4.69, 9.17) is 4.74 Å². The average molecular weight is 269 g/mol. The normalized spacial score (nSPS) is 11.6. The molecule has 0 saturated heterocycles. The molecule has 1 aliphatic rings. The largest absolute Gasteiger partial charge is 0.484 e. The van der Waals surface area contributed by atoms with Crippen LogP contribution in [-0.2, 0) is 4.79 Å². The number of aliphatic imine (C=N–C) groups is 1. The number of carbonyl (C=O) groups is 1. The van der Waals surface area contributed by atoms with Gasteiger partial charge in [0.2, 0.25) is 12.0 Å². The number of ether oxygens (including phenoxy) is 1. The molecule has 0 bridgehead atoms. The van der Waals surface area contributed by atoms with Gasteiger partial charge in [-0.15, -0.1) is 0 Å². The van der Waals surface area contributed by atoms with E-state index in [9.17, 15) is 4.79 Å². The number of carbonyl (C=O) groups excluding carboxylic acids is 1. The molecule has 20 heavy (non-hydrogen) atoms. The summed E-state index contributed by atoms with van der Waals surface area (Å²) in [4.78, 5) is 23.8. The van der Waals surface area contributed by atoms with E-state index in [0.717, 1.165) is 0 Å². The third kappa shape index (κ3) is 2.56. The summed E-state index contributed by atoms with van der Waals surface area (Å²) in [6.07, 6.45) is 2.84. The van der Waals surface area contributed by atoms with Gasteiger partial charge in [0.1, 0.15) is 5.75 Å². The van der Waals surface area contributed by atoms with E-state index in [-0.39, 0.29) is 12.5 Å². The molecule has 0 fully saturated rings. The quantitative estimate of drug-likeness (QED) is 0.861. The minimum absolute atomic E-state index is 0.0936. The van der Waals surface area contributed by atoms with Crippen LogP contribution < -0.4 is 20.4 Å². The lowest BCUT2D eigenvalue weighted by molar-refractivity contribution is -0.118. The van der Waals surface area contributed by atoms with Gasteiger partial charge >= 0.3 is 5.82 Å². The van der Waals surface area contributed by atoms with Crippen LogP contribution in [0.25, 0.3) is 0 Å². The molecule has 99 valence electrons. The molecule has 3 rings (SSSR count). The van der Waals surface area contributed by atoms with Gasteiger partial charge in [0, 0.05) is 0 Å². The molecule has 1 aromatic heterocycles. The molecular weight excluding hydrogens is 258 g/mol. The molecule has 7 heteroatoms. The topological polar surface area (TPSA) is 90.2 Å². The fourth-order valence-corrected chi connectivity index (χ4v) is 1.69. The number of para-hydroxylation sites is 1. The number of hydrogen-bond acceptors (Lipinski definition) is 6. The molecule has 2 heterocycles. The van der Waals surface area contributed by atoms with Crippen molar-refractivity contribution in [3.63, 3.8) is 0 Å². The zero-order chi connectivity index (χ0) is 13.8. The highest BCUT2D eigenvalue weighted by Crippen LogP contribution is 2.27. The van der Waals surface area contributed by atoms with Crippen molar-refractivity contribution in [2.45, 2.75) is 0 Å². The summed E-state index contributed by atoms with van der Waals surface area (Å²) in [7, 11) is 0. The highest BCUT2D eigenvalue weighted by molar-refractivity contribution is 6.00. The van der Waals surface area contributed by atoms with Crippen molar-refractivity contribution in [2.24, 2.45) is 0 Å². The van der Waals surface area contributed by atoms with Crippen molar-refractivity contribution < 1.29 is 9.53 Å². The zero-order valence-corrected chi connectivity index (χ0v) is 10.4. The third-order valence-corrected chi connectivity index (χ3v) is 2.59. The lowest BCUT2D eigenvalue weighted by atomic mass is 10.3. The van der Waals surface area contributed by atoms with Gasteiger partial charge in [-0.2, -0.15) is 4.98 Å². The minimum atomic E-state index is -0.302. The SMILES string of the molecule is O=C(COc1ccccc1)Nc1ncnc2c1NC=[N+]2. The first kappa shape index (κ1) is 12.1. The maximum absolute atomic E-state index is 11.8. The molecule has 0 atom stereocenters. The van der Waals surface area contributed by atoms with Crippen LogP contribution in [0.4, 0.5) is 17.3 Å². The third-order valence-electron chi connectivity index (χ3n) is 2.59. The van der Waals surface area contributed by atoms with Gasteiger partial charge in [0.05, 0.1) is 0 Å². The zero-order valence-electron chi connectivity index (χ0n) is 10.4. The van der Waals surface area contributed by atoms with Crippen molar-refractivity contribution in [2.75, 3.05) is 17.2 Å². The Morgan fingerprint density at radius 3 is 3.00 bits per heavy atom. The number of hydrogen-bond donors (Lipinski definition) is 2. The molecule has 1 aliphatic heterocycles. The van der Waals surface area contributed by atoms with Crippen LogP contribution in [-0.4, -0.2) is 28.8 Å². The first-order valence-electron chi connectivity index (χ1n) is 5.95. The van der Waals surface area contributed by atoms with Crippen molar-refractivity contribution in [1.82, 2.24) is 15.0 Å². The molecular formula is C13H11N5O2+. The Balaban J connectivity index is 1.61. The van der Waals surface area contributed by atoms with E-state index in [1.165, 1.54) is 12.7 Å². The summed E-state index contributed by atoms with van der Waals surface area (Å²) < 4.78 is 5.35. The molecule has 2 N–H and O–H groups in total. The highest BCUT2D eigenvalue weighted by atomic mass is 16.5. The molecule has 0 spiro atoms. The highest BCUT2D eigenvalue weighted by Gasteiger charge is 2.23. The van der Waals surface area contributed by atoms with Crippen LogP contribution in [0, 0.1) is 0 Å². The monoisotopic (exact) mass is 269 g/mol. The lowest BCUT2D eigenvalue weighted by Gasteiger charge is -2.07. The second-order valence-corrected chi connectivity index (χ2v) is 3.97. The minimum Gasteiger partial charge on any atom is -0.484 e.